The van der Waals surface area contributed by atoms with Gasteiger partial charge in [0.1, 0.15) is 0 Å². The molecule has 0 spiro atoms. The van der Waals surface area contributed by atoms with Gasteiger partial charge in [0.2, 0.25) is 0 Å². The second kappa shape index (κ2) is 5.05. The number of benzene rings is 2. The van der Waals surface area contributed by atoms with Crippen molar-refractivity contribution >= 4 is 21.9 Å². The molecule has 0 aromatic heterocycles. The van der Waals surface area contributed by atoms with Crippen LogP contribution in [0, 0.1) is 0 Å². The molecule has 1 atom stereocenters. The predicted molar refractivity (Wildman–Crippen MR) is 54.1 cm³/mol. The second-order valence-electron chi connectivity index (χ2n) is 2.73. The van der Waals surface area contributed by atoms with E-state index in [1.54, 1.807) is 12.1 Å². The van der Waals surface area contributed by atoms with Crippen LogP contribution < -0.4 is 29.6 Å². The molecular weight excluding hydrogens is 207 g/mol. The molecule has 1 N–H and O–H groups in total. The summed E-state index contributed by atoms with van der Waals surface area (Å²) in [6, 6.07) is 12.9. The van der Waals surface area contributed by atoms with E-state index in [0.717, 1.165) is 10.8 Å². The van der Waals surface area contributed by atoms with E-state index in [0.29, 0.717) is 4.90 Å². The molecule has 0 bridgehead atoms. The molecule has 0 aliphatic heterocycles. The van der Waals surface area contributed by atoms with Crippen LogP contribution in [0.25, 0.3) is 10.8 Å². The summed E-state index contributed by atoms with van der Waals surface area (Å²) in [5, 5.41) is 1.83. The standard InChI is InChI=1S/C10H8O2S.Na.H/c11-13(12)10-7-3-5-8-4-1-2-6-9(8)10;;/h1-7H,(H,11,12);;/q;+1;-1. The van der Waals surface area contributed by atoms with Gasteiger partial charge in [-0.1, -0.05) is 36.4 Å². The van der Waals surface area contributed by atoms with Gasteiger partial charge in [0, 0.05) is 5.39 Å². The minimum Gasteiger partial charge on any atom is -1.00 e. The first kappa shape index (κ1) is 11.9. The molecule has 1 unspecified atom stereocenters. The van der Waals surface area contributed by atoms with E-state index in [1.165, 1.54) is 0 Å². The molecule has 0 saturated carbocycles. The van der Waals surface area contributed by atoms with Crippen LogP contribution in [-0.4, -0.2) is 8.76 Å². The van der Waals surface area contributed by atoms with E-state index < -0.39 is 11.1 Å². The van der Waals surface area contributed by atoms with Crippen molar-refractivity contribution in [1.29, 1.82) is 0 Å². The van der Waals surface area contributed by atoms with Crippen molar-refractivity contribution in [2.24, 2.45) is 0 Å². The van der Waals surface area contributed by atoms with Crippen LogP contribution in [0.5, 0.6) is 0 Å². The van der Waals surface area contributed by atoms with E-state index in [4.69, 9.17) is 4.55 Å². The molecule has 4 heteroatoms. The molecule has 2 rings (SSSR count). The van der Waals surface area contributed by atoms with Gasteiger partial charge in [0.05, 0.1) is 4.90 Å². The third-order valence-electron chi connectivity index (χ3n) is 1.94. The van der Waals surface area contributed by atoms with Gasteiger partial charge in [-0.25, -0.2) is 4.21 Å². The minimum absolute atomic E-state index is 0. The van der Waals surface area contributed by atoms with Gasteiger partial charge in [-0.3, -0.25) is 0 Å². The first-order valence-electron chi connectivity index (χ1n) is 3.87. The van der Waals surface area contributed by atoms with Gasteiger partial charge in [-0.15, -0.1) is 0 Å². The number of hydrogen-bond acceptors (Lipinski definition) is 1. The predicted octanol–water partition coefficient (Wildman–Crippen LogP) is -0.463. The summed E-state index contributed by atoms with van der Waals surface area (Å²) in [7, 11) is 0. The Balaban J connectivity index is 0.000000980. The van der Waals surface area contributed by atoms with E-state index in [9.17, 15) is 4.21 Å². The Labute approximate surface area is 108 Å². The monoisotopic (exact) mass is 216 g/mol. The SMILES string of the molecule is O=S(O)c1cccc2ccccc12.[H-].[Na+]. The number of rotatable bonds is 1. The van der Waals surface area contributed by atoms with Crippen molar-refractivity contribution in [3.8, 4) is 0 Å². The van der Waals surface area contributed by atoms with Crippen LogP contribution in [0.4, 0.5) is 0 Å². The summed E-state index contributed by atoms with van der Waals surface area (Å²) in [4.78, 5) is 0.470. The fourth-order valence-corrected chi connectivity index (χ4v) is 1.92. The van der Waals surface area contributed by atoms with Crippen molar-refractivity contribution in [3.63, 3.8) is 0 Å². The second-order valence-corrected chi connectivity index (χ2v) is 3.66. The molecule has 2 nitrogen and oxygen atoms in total. The summed E-state index contributed by atoms with van der Waals surface area (Å²) < 4.78 is 19.9. The zero-order valence-corrected chi connectivity index (χ0v) is 10.6. The van der Waals surface area contributed by atoms with Gasteiger partial charge in [-0.2, -0.15) is 0 Å². The first-order chi connectivity index (χ1) is 6.29. The number of fused-ring (bicyclic) bond motifs is 1. The van der Waals surface area contributed by atoms with Gasteiger partial charge in [0.25, 0.3) is 0 Å². The topological polar surface area (TPSA) is 37.3 Å². The smallest absolute Gasteiger partial charge is 1.00 e. The third-order valence-corrected chi connectivity index (χ3v) is 2.67. The molecule has 14 heavy (non-hydrogen) atoms. The molecular formula is C10H9NaO2S. The van der Waals surface area contributed by atoms with Crippen molar-refractivity contribution in [3.05, 3.63) is 42.5 Å². The zero-order chi connectivity index (χ0) is 9.26. The summed E-state index contributed by atoms with van der Waals surface area (Å²) >= 11 is -1.90. The summed E-state index contributed by atoms with van der Waals surface area (Å²) in [5.41, 5.74) is 0. The average molecular weight is 216 g/mol. The molecule has 0 fully saturated rings. The Morgan fingerprint density at radius 3 is 2.43 bits per heavy atom. The normalized spacial score (nSPS) is 12.1. The van der Waals surface area contributed by atoms with E-state index >= 15 is 0 Å². The van der Waals surface area contributed by atoms with Gasteiger partial charge < -0.3 is 5.98 Å². The summed E-state index contributed by atoms with van der Waals surface area (Å²) in [6.45, 7) is 0. The van der Waals surface area contributed by atoms with Crippen molar-refractivity contribution < 1.29 is 39.7 Å². The van der Waals surface area contributed by atoms with Gasteiger partial charge >= 0.3 is 29.6 Å². The molecule has 0 amide bonds. The Bertz CT molecular complexity index is 470. The Kier molecular flexibility index (Phi) is 4.29. The van der Waals surface area contributed by atoms with Gasteiger partial charge in [0.15, 0.2) is 11.1 Å². The van der Waals surface area contributed by atoms with E-state index in [2.05, 4.69) is 0 Å². The molecule has 2 aromatic rings. The summed E-state index contributed by atoms with van der Waals surface area (Å²) in [5.74, 6) is 0. The first-order valence-corrected chi connectivity index (χ1v) is 4.98. The zero-order valence-electron chi connectivity index (χ0n) is 8.81. The van der Waals surface area contributed by atoms with Crippen molar-refractivity contribution in [2.45, 2.75) is 4.90 Å². The molecule has 0 saturated heterocycles. The molecule has 0 heterocycles. The van der Waals surface area contributed by atoms with Crippen molar-refractivity contribution in [1.82, 2.24) is 0 Å². The van der Waals surface area contributed by atoms with E-state index in [1.807, 2.05) is 30.3 Å². The summed E-state index contributed by atoms with van der Waals surface area (Å²) in [6.07, 6.45) is 0. The molecule has 0 radical (unpaired) electrons. The molecule has 0 aliphatic rings. The van der Waals surface area contributed by atoms with Gasteiger partial charge in [-0.05, 0) is 11.5 Å². The Hall–Kier alpha value is -0.190. The largest absolute Gasteiger partial charge is 1.00 e. The third kappa shape index (κ3) is 2.24. The maximum Gasteiger partial charge on any atom is 1.00 e. The minimum atomic E-state index is -1.90. The van der Waals surface area contributed by atoms with Crippen LogP contribution in [0.3, 0.4) is 0 Å². The van der Waals surface area contributed by atoms with Crippen LogP contribution in [0.1, 0.15) is 1.43 Å². The fraction of sp³-hybridized carbons (Fsp3) is 0. The Morgan fingerprint density at radius 1 is 1.07 bits per heavy atom. The van der Waals surface area contributed by atoms with Crippen LogP contribution in [0.2, 0.25) is 0 Å². The maximum absolute atomic E-state index is 10.9. The fourth-order valence-electron chi connectivity index (χ4n) is 1.35. The maximum atomic E-state index is 10.9. The molecule has 2 aromatic carbocycles. The van der Waals surface area contributed by atoms with Crippen LogP contribution in [0.15, 0.2) is 47.4 Å². The van der Waals surface area contributed by atoms with Crippen LogP contribution in [-0.2, 0) is 11.1 Å². The number of hydrogen-bond donors (Lipinski definition) is 1. The van der Waals surface area contributed by atoms with Crippen LogP contribution >= 0.6 is 0 Å². The molecule has 68 valence electrons. The average Bonchev–Trinajstić information content (AvgIpc) is 2.17. The molecule has 0 aliphatic carbocycles. The quantitative estimate of drug-likeness (QED) is 0.517. The van der Waals surface area contributed by atoms with Crippen molar-refractivity contribution in [2.75, 3.05) is 0 Å². The Morgan fingerprint density at radius 2 is 1.71 bits per heavy atom. The van der Waals surface area contributed by atoms with E-state index in [-0.39, 0.29) is 31.0 Å².